The number of anilines is 1. The maximum atomic E-state index is 10.9. The summed E-state index contributed by atoms with van der Waals surface area (Å²) in [6.07, 6.45) is 3.32. The molecule has 92 valence electrons. The van der Waals surface area contributed by atoms with Crippen LogP contribution in [0.15, 0.2) is 36.7 Å². The molecule has 0 atom stereocenters. The van der Waals surface area contributed by atoms with Gasteiger partial charge in [0.1, 0.15) is 11.6 Å². The first kappa shape index (κ1) is 12.0. The fraction of sp³-hybridized carbons (Fsp3) is 0.154. The average molecular weight is 243 g/mol. The Morgan fingerprint density at radius 1 is 1.17 bits per heavy atom. The van der Waals surface area contributed by atoms with E-state index in [1.165, 1.54) is 6.92 Å². The molecule has 0 spiro atoms. The monoisotopic (exact) mass is 243 g/mol. The number of methoxy groups -OCH3 is 1. The Morgan fingerprint density at radius 3 is 2.50 bits per heavy atom. The minimum Gasteiger partial charge on any atom is -0.495 e. The molecule has 0 saturated heterocycles. The molecule has 5 heteroatoms. The van der Waals surface area contributed by atoms with Gasteiger partial charge in [0.15, 0.2) is 0 Å². The topological polar surface area (TPSA) is 64.1 Å². The molecular weight excluding hydrogens is 230 g/mol. The minimum atomic E-state index is -0.141. The number of ether oxygens (including phenoxy) is 1. The standard InChI is InChI=1S/C13H13N3O2/c1-9(17)16-13-6-3-10(7-15-13)12-5-4-11(18-2)8-14-12/h3-8H,1-2H3,(H,15,16,17). The van der Waals surface area contributed by atoms with E-state index in [0.717, 1.165) is 11.3 Å². The number of aromatic nitrogens is 2. The summed E-state index contributed by atoms with van der Waals surface area (Å²) in [4.78, 5) is 19.3. The molecule has 0 fully saturated rings. The number of amides is 1. The molecule has 0 aliphatic carbocycles. The molecule has 1 amide bonds. The maximum absolute atomic E-state index is 10.9. The van der Waals surface area contributed by atoms with Crippen LogP contribution in [0.2, 0.25) is 0 Å². The van der Waals surface area contributed by atoms with Crippen molar-refractivity contribution >= 4 is 11.7 Å². The van der Waals surface area contributed by atoms with Gasteiger partial charge in [-0.1, -0.05) is 0 Å². The van der Waals surface area contributed by atoms with Crippen molar-refractivity contribution in [1.82, 2.24) is 9.97 Å². The predicted molar refractivity (Wildman–Crippen MR) is 68.3 cm³/mol. The molecule has 0 radical (unpaired) electrons. The highest BCUT2D eigenvalue weighted by molar-refractivity contribution is 5.87. The average Bonchev–Trinajstić information content (AvgIpc) is 2.39. The summed E-state index contributed by atoms with van der Waals surface area (Å²) in [7, 11) is 1.60. The Hall–Kier alpha value is -2.43. The van der Waals surface area contributed by atoms with E-state index >= 15 is 0 Å². The van der Waals surface area contributed by atoms with E-state index in [9.17, 15) is 4.79 Å². The summed E-state index contributed by atoms with van der Waals surface area (Å²) in [6, 6.07) is 7.29. The van der Waals surface area contributed by atoms with Crippen LogP contribution >= 0.6 is 0 Å². The zero-order chi connectivity index (χ0) is 13.0. The Morgan fingerprint density at radius 2 is 2.00 bits per heavy atom. The number of rotatable bonds is 3. The van der Waals surface area contributed by atoms with Gasteiger partial charge >= 0.3 is 0 Å². The SMILES string of the molecule is COc1ccc(-c2ccc(NC(C)=O)nc2)nc1. The van der Waals surface area contributed by atoms with Crippen LogP contribution < -0.4 is 10.1 Å². The molecule has 0 aliphatic rings. The Bertz CT molecular complexity index is 535. The van der Waals surface area contributed by atoms with E-state index in [1.807, 2.05) is 18.2 Å². The zero-order valence-corrected chi connectivity index (χ0v) is 10.2. The fourth-order valence-electron chi connectivity index (χ4n) is 1.47. The molecular formula is C13H13N3O2. The number of pyridine rings is 2. The first-order valence-electron chi connectivity index (χ1n) is 5.43. The molecule has 0 aliphatic heterocycles. The van der Waals surface area contributed by atoms with Gasteiger partial charge in [0, 0.05) is 18.7 Å². The third kappa shape index (κ3) is 2.82. The molecule has 2 rings (SSSR count). The molecule has 5 nitrogen and oxygen atoms in total. The first-order chi connectivity index (χ1) is 8.69. The van der Waals surface area contributed by atoms with Crippen molar-refractivity contribution in [3.8, 4) is 17.0 Å². The van der Waals surface area contributed by atoms with Gasteiger partial charge in [-0.15, -0.1) is 0 Å². The van der Waals surface area contributed by atoms with Gasteiger partial charge in [-0.25, -0.2) is 4.98 Å². The van der Waals surface area contributed by atoms with Crippen molar-refractivity contribution in [2.75, 3.05) is 12.4 Å². The lowest BCUT2D eigenvalue weighted by Gasteiger charge is -2.04. The van der Waals surface area contributed by atoms with E-state index in [1.54, 1.807) is 25.6 Å². The quantitative estimate of drug-likeness (QED) is 0.896. The fourth-order valence-corrected chi connectivity index (χ4v) is 1.47. The molecule has 0 bridgehead atoms. The number of carbonyl (C=O) groups excluding carboxylic acids is 1. The van der Waals surface area contributed by atoms with Crippen LogP contribution in [0.4, 0.5) is 5.82 Å². The van der Waals surface area contributed by atoms with Crippen LogP contribution in [-0.2, 0) is 4.79 Å². The first-order valence-corrected chi connectivity index (χ1v) is 5.43. The third-order valence-electron chi connectivity index (χ3n) is 2.34. The van der Waals surface area contributed by atoms with Crippen LogP contribution in [0.3, 0.4) is 0 Å². The van der Waals surface area contributed by atoms with E-state index in [-0.39, 0.29) is 5.91 Å². The van der Waals surface area contributed by atoms with Gasteiger partial charge in [0.05, 0.1) is 19.0 Å². The minimum absolute atomic E-state index is 0.141. The van der Waals surface area contributed by atoms with E-state index in [2.05, 4.69) is 15.3 Å². The summed E-state index contributed by atoms with van der Waals surface area (Å²) in [5.41, 5.74) is 1.68. The highest BCUT2D eigenvalue weighted by Crippen LogP contribution is 2.19. The number of hydrogen-bond donors (Lipinski definition) is 1. The van der Waals surface area contributed by atoms with Crippen molar-refractivity contribution in [1.29, 1.82) is 0 Å². The molecule has 2 heterocycles. The van der Waals surface area contributed by atoms with Gasteiger partial charge in [-0.05, 0) is 24.3 Å². The smallest absolute Gasteiger partial charge is 0.222 e. The van der Waals surface area contributed by atoms with Crippen LogP contribution in [0.1, 0.15) is 6.92 Å². The molecule has 2 aromatic heterocycles. The second kappa shape index (κ2) is 5.27. The summed E-state index contributed by atoms with van der Waals surface area (Å²) < 4.78 is 5.04. The molecule has 18 heavy (non-hydrogen) atoms. The number of nitrogens with zero attached hydrogens (tertiary/aromatic N) is 2. The van der Waals surface area contributed by atoms with Crippen LogP contribution in [0, 0.1) is 0 Å². The second-order valence-corrected chi connectivity index (χ2v) is 3.70. The van der Waals surface area contributed by atoms with Gasteiger partial charge < -0.3 is 10.1 Å². The lowest BCUT2D eigenvalue weighted by Crippen LogP contribution is -2.06. The van der Waals surface area contributed by atoms with Crippen molar-refractivity contribution in [2.45, 2.75) is 6.92 Å². The predicted octanol–water partition coefficient (Wildman–Crippen LogP) is 2.11. The van der Waals surface area contributed by atoms with Crippen LogP contribution in [0.5, 0.6) is 5.75 Å². The summed E-state index contributed by atoms with van der Waals surface area (Å²) in [5.74, 6) is 1.10. The highest BCUT2D eigenvalue weighted by Gasteiger charge is 2.02. The van der Waals surface area contributed by atoms with Crippen molar-refractivity contribution in [3.63, 3.8) is 0 Å². The Kier molecular flexibility index (Phi) is 3.52. The van der Waals surface area contributed by atoms with Crippen molar-refractivity contribution < 1.29 is 9.53 Å². The lowest BCUT2D eigenvalue weighted by atomic mass is 10.2. The Balaban J connectivity index is 2.20. The molecule has 0 saturated carbocycles. The number of nitrogens with one attached hydrogen (secondary N) is 1. The van der Waals surface area contributed by atoms with E-state index in [4.69, 9.17) is 4.74 Å². The molecule has 2 aromatic rings. The molecule has 0 unspecified atom stereocenters. The van der Waals surface area contributed by atoms with E-state index < -0.39 is 0 Å². The van der Waals surface area contributed by atoms with Crippen molar-refractivity contribution in [2.24, 2.45) is 0 Å². The second-order valence-electron chi connectivity index (χ2n) is 3.70. The van der Waals surface area contributed by atoms with Gasteiger partial charge in [0.25, 0.3) is 0 Å². The largest absolute Gasteiger partial charge is 0.495 e. The summed E-state index contributed by atoms with van der Waals surface area (Å²) >= 11 is 0. The number of hydrogen-bond acceptors (Lipinski definition) is 4. The molecule has 1 N–H and O–H groups in total. The number of carbonyl (C=O) groups is 1. The third-order valence-corrected chi connectivity index (χ3v) is 2.34. The van der Waals surface area contributed by atoms with Crippen molar-refractivity contribution in [3.05, 3.63) is 36.7 Å². The van der Waals surface area contributed by atoms with Gasteiger partial charge in [-0.2, -0.15) is 0 Å². The van der Waals surface area contributed by atoms with E-state index in [0.29, 0.717) is 11.6 Å². The maximum Gasteiger partial charge on any atom is 0.222 e. The molecule has 0 aromatic carbocycles. The lowest BCUT2D eigenvalue weighted by molar-refractivity contribution is -0.114. The summed E-state index contributed by atoms with van der Waals surface area (Å²) in [6.45, 7) is 1.45. The zero-order valence-electron chi connectivity index (χ0n) is 10.2. The Labute approximate surface area is 105 Å². The summed E-state index contributed by atoms with van der Waals surface area (Å²) in [5, 5.41) is 2.61. The van der Waals surface area contributed by atoms with Gasteiger partial charge in [-0.3, -0.25) is 9.78 Å². The van der Waals surface area contributed by atoms with Crippen LogP contribution in [0.25, 0.3) is 11.3 Å². The van der Waals surface area contributed by atoms with Crippen LogP contribution in [-0.4, -0.2) is 23.0 Å². The highest BCUT2D eigenvalue weighted by atomic mass is 16.5. The normalized spacial score (nSPS) is 9.89. The van der Waals surface area contributed by atoms with Gasteiger partial charge in [0.2, 0.25) is 5.91 Å².